The van der Waals surface area contributed by atoms with Crippen molar-refractivity contribution in [3.05, 3.63) is 0 Å². The van der Waals surface area contributed by atoms with Crippen LogP contribution in [-0.4, -0.2) is 32.1 Å². The second-order valence-corrected chi connectivity index (χ2v) is 4.02. The normalized spacial score (nSPS) is 14.2. The second-order valence-electron chi connectivity index (χ2n) is 2.84. The van der Waals surface area contributed by atoms with Crippen LogP contribution in [0.2, 0.25) is 0 Å². The Morgan fingerprint density at radius 1 is 1.46 bits per heavy atom. The molecular formula is C6H13NO5S. The lowest BCUT2D eigenvalue weighted by Gasteiger charge is -2.17. The average Bonchev–Trinajstić information content (AvgIpc) is 1.96. The van der Waals surface area contributed by atoms with Gasteiger partial charge < -0.3 is 4.74 Å². The fraction of sp³-hybridized carbons (Fsp3) is 0.833. The lowest BCUT2D eigenvalue weighted by Crippen LogP contribution is -2.44. The first-order valence-electron chi connectivity index (χ1n) is 3.60. The third kappa shape index (κ3) is 4.81. The van der Waals surface area contributed by atoms with Crippen LogP contribution in [0, 0.1) is 5.92 Å². The van der Waals surface area contributed by atoms with E-state index in [0.717, 1.165) is 7.11 Å². The third-order valence-electron chi connectivity index (χ3n) is 1.40. The monoisotopic (exact) mass is 211 g/mol. The highest BCUT2D eigenvalue weighted by molar-refractivity contribution is 7.83. The van der Waals surface area contributed by atoms with Crippen molar-refractivity contribution in [3.63, 3.8) is 0 Å². The van der Waals surface area contributed by atoms with Gasteiger partial charge in [0.2, 0.25) is 0 Å². The van der Waals surface area contributed by atoms with Gasteiger partial charge in [0.15, 0.2) is 0 Å². The molecule has 0 aromatic heterocycles. The van der Waals surface area contributed by atoms with Crippen LogP contribution in [-0.2, 0) is 19.8 Å². The highest BCUT2D eigenvalue weighted by Gasteiger charge is 2.26. The van der Waals surface area contributed by atoms with Crippen molar-refractivity contribution >= 4 is 16.3 Å². The number of nitrogens with one attached hydrogen (secondary N) is 1. The molecule has 2 N–H and O–H groups in total. The Morgan fingerprint density at radius 3 is 2.15 bits per heavy atom. The molecule has 0 aliphatic heterocycles. The molecule has 0 fully saturated rings. The largest absolute Gasteiger partial charge is 0.468 e. The van der Waals surface area contributed by atoms with E-state index in [0.29, 0.717) is 0 Å². The summed E-state index contributed by atoms with van der Waals surface area (Å²) in [5.41, 5.74) is 0. The van der Waals surface area contributed by atoms with Crippen LogP contribution in [0.15, 0.2) is 0 Å². The molecule has 13 heavy (non-hydrogen) atoms. The average molecular weight is 211 g/mol. The minimum absolute atomic E-state index is 0.297. The maximum atomic E-state index is 11.0. The van der Waals surface area contributed by atoms with Crippen molar-refractivity contribution in [1.29, 1.82) is 0 Å². The number of hydrogen-bond donors (Lipinski definition) is 2. The Hall–Kier alpha value is -0.660. The molecule has 0 aliphatic rings. The molecular weight excluding hydrogens is 198 g/mol. The molecule has 0 rings (SSSR count). The van der Waals surface area contributed by atoms with Crippen molar-refractivity contribution in [2.45, 2.75) is 19.9 Å². The molecule has 0 aliphatic carbocycles. The van der Waals surface area contributed by atoms with E-state index in [1.807, 2.05) is 0 Å². The maximum absolute atomic E-state index is 11.0. The van der Waals surface area contributed by atoms with Crippen molar-refractivity contribution in [2.24, 2.45) is 5.92 Å². The van der Waals surface area contributed by atoms with Crippen LogP contribution in [0.25, 0.3) is 0 Å². The van der Waals surface area contributed by atoms with Crippen molar-refractivity contribution in [1.82, 2.24) is 4.72 Å². The van der Waals surface area contributed by atoms with Gasteiger partial charge in [0.05, 0.1) is 7.11 Å². The summed E-state index contributed by atoms with van der Waals surface area (Å²) in [5.74, 6) is -1.03. The summed E-state index contributed by atoms with van der Waals surface area (Å²) in [6.45, 7) is 3.25. The Kier molecular flexibility index (Phi) is 4.31. The van der Waals surface area contributed by atoms with E-state index >= 15 is 0 Å². The van der Waals surface area contributed by atoms with Gasteiger partial charge in [-0.15, -0.1) is 0 Å². The zero-order valence-corrected chi connectivity index (χ0v) is 8.46. The van der Waals surface area contributed by atoms with Gasteiger partial charge in [-0.3, -0.25) is 9.35 Å². The number of rotatable bonds is 4. The van der Waals surface area contributed by atoms with Gasteiger partial charge >= 0.3 is 16.3 Å². The molecule has 0 heterocycles. The second kappa shape index (κ2) is 4.54. The predicted octanol–water partition coefficient (Wildman–Crippen LogP) is -0.424. The fourth-order valence-electron chi connectivity index (χ4n) is 0.744. The molecule has 0 unspecified atom stereocenters. The summed E-state index contributed by atoms with van der Waals surface area (Å²) in [4.78, 5) is 11.0. The fourth-order valence-corrected chi connectivity index (χ4v) is 1.43. The molecule has 6 nitrogen and oxygen atoms in total. The number of hydrogen-bond acceptors (Lipinski definition) is 4. The number of carbonyl (C=O) groups is 1. The molecule has 1 atom stereocenters. The molecule has 78 valence electrons. The summed E-state index contributed by atoms with van der Waals surface area (Å²) in [5, 5.41) is 0. The van der Waals surface area contributed by atoms with E-state index in [9.17, 15) is 13.2 Å². The predicted molar refractivity (Wildman–Crippen MR) is 45.3 cm³/mol. The molecule has 0 amide bonds. The van der Waals surface area contributed by atoms with E-state index in [2.05, 4.69) is 4.74 Å². The Labute approximate surface area is 77.2 Å². The zero-order chi connectivity index (χ0) is 10.6. The zero-order valence-electron chi connectivity index (χ0n) is 7.64. The highest BCUT2D eigenvalue weighted by atomic mass is 32.2. The number of methoxy groups -OCH3 is 1. The highest BCUT2D eigenvalue weighted by Crippen LogP contribution is 2.04. The summed E-state index contributed by atoms with van der Waals surface area (Å²) in [6.07, 6.45) is 0. The van der Waals surface area contributed by atoms with Gasteiger partial charge in [0.25, 0.3) is 0 Å². The van der Waals surface area contributed by atoms with Crippen LogP contribution < -0.4 is 4.72 Å². The maximum Gasteiger partial charge on any atom is 0.334 e. The Balaban J connectivity index is 4.55. The van der Waals surface area contributed by atoms with Crippen LogP contribution >= 0.6 is 0 Å². The molecule has 0 saturated heterocycles. The van der Waals surface area contributed by atoms with Crippen molar-refractivity contribution < 1.29 is 22.5 Å². The first kappa shape index (κ1) is 12.3. The van der Waals surface area contributed by atoms with Gasteiger partial charge in [-0.1, -0.05) is 13.8 Å². The molecule has 0 aromatic carbocycles. The first-order valence-corrected chi connectivity index (χ1v) is 5.04. The van der Waals surface area contributed by atoms with Gasteiger partial charge in [0.1, 0.15) is 6.04 Å². The third-order valence-corrected chi connectivity index (χ3v) is 1.95. The lowest BCUT2D eigenvalue weighted by molar-refractivity contribution is -0.143. The quantitative estimate of drug-likeness (QED) is 0.486. The Morgan fingerprint density at radius 2 is 1.92 bits per heavy atom. The summed E-state index contributed by atoms with van der Waals surface area (Å²) in [6, 6.07) is -1.06. The molecule has 0 bridgehead atoms. The molecule has 0 saturated carbocycles. The van der Waals surface area contributed by atoms with Crippen LogP contribution in [0.5, 0.6) is 0 Å². The number of ether oxygens (including phenoxy) is 1. The summed E-state index contributed by atoms with van der Waals surface area (Å²) >= 11 is 0. The Bertz CT molecular complexity index is 271. The van der Waals surface area contributed by atoms with Crippen LogP contribution in [0.1, 0.15) is 13.8 Å². The standard InChI is InChI=1S/C6H13NO5S/c1-4(2)5(6(8)12-3)7-13(9,10)11/h4-5,7H,1-3H3,(H,9,10,11)/t5-/m0/s1. The van der Waals surface area contributed by atoms with Gasteiger partial charge in [0, 0.05) is 0 Å². The van der Waals surface area contributed by atoms with E-state index in [-0.39, 0.29) is 5.92 Å². The SMILES string of the molecule is COC(=O)[C@@H](NS(=O)(=O)O)C(C)C. The smallest absolute Gasteiger partial charge is 0.334 e. The number of carbonyl (C=O) groups excluding carboxylic acids is 1. The summed E-state index contributed by atoms with van der Waals surface area (Å²) < 4.78 is 35.3. The molecule has 0 spiro atoms. The topological polar surface area (TPSA) is 92.7 Å². The van der Waals surface area contributed by atoms with Crippen molar-refractivity contribution in [3.8, 4) is 0 Å². The number of esters is 1. The van der Waals surface area contributed by atoms with Gasteiger partial charge in [-0.2, -0.15) is 13.1 Å². The molecule has 0 radical (unpaired) electrons. The first-order chi connectivity index (χ1) is 5.78. The molecule has 0 aromatic rings. The van der Waals surface area contributed by atoms with Crippen molar-refractivity contribution in [2.75, 3.05) is 7.11 Å². The van der Waals surface area contributed by atoms with E-state index < -0.39 is 22.3 Å². The van der Waals surface area contributed by atoms with E-state index in [4.69, 9.17) is 4.55 Å². The van der Waals surface area contributed by atoms with E-state index in [1.54, 1.807) is 18.6 Å². The lowest BCUT2D eigenvalue weighted by atomic mass is 10.1. The minimum atomic E-state index is -4.37. The minimum Gasteiger partial charge on any atom is -0.468 e. The molecule has 7 heteroatoms. The van der Waals surface area contributed by atoms with Crippen LogP contribution in [0.4, 0.5) is 0 Å². The van der Waals surface area contributed by atoms with Gasteiger partial charge in [-0.25, -0.2) is 0 Å². The van der Waals surface area contributed by atoms with E-state index in [1.165, 1.54) is 0 Å². The van der Waals surface area contributed by atoms with Gasteiger partial charge in [-0.05, 0) is 5.92 Å². The summed E-state index contributed by atoms with van der Waals surface area (Å²) in [7, 11) is -3.23. The van der Waals surface area contributed by atoms with Crippen LogP contribution in [0.3, 0.4) is 0 Å².